The number of carbonyl (C=O) groups excluding carboxylic acids is 1. The molecule has 108 valence electrons. The summed E-state index contributed by atoms with van der Waals surface area (Å²) < 4.78 is 7.15. The van der Waals surface area contributed by atoms with Crippen molar-refractivity contribution in [2.45, 2.75) is 26.3 Å². The maximum Gasteiger partial charge on any atom is 0.293 e. The molecule has 3 rings (SSSR count). The standard InChI is InChI=1S/C16H17N3O2/c1-2-3-10-19-13-8-5-4-7-12(13)17-16(19)18-15(20)14-9-6-11-21-14/h4-9,11H,2-3,10H2,1H3,(H,17,18,20). The summed E-state index contributed by atoms with van der Waals surface area (Å²) in [4.78, 5) is 16.6. The van der Waals surface area contributed by atoms with Crippen molar-refractivity contribution in [2.75, 3.05) is 5.32 Å². The Morgan fingerprint density at radius 1 is 1.29 bits per heavy atom. The average molecular weight is 283 g/mol. The number of para-hydroxylation sites is 2. The molecule has 5 nitrogen and oxygen atoms in total. The van der Waals surface area contributed by atoms with Gasteiger partial charge < -0.3 is 8.98 Å². The number of nitrogens with one attached hydrogen (secondary N) is 1. The highest BCUT2D eigenvalue weighted by atomic mass is 16.3. The number of benzene rings is 1. The van der Waals surface area contributed by atoms with Crippen LogP contribution in [-0.2, 0) is 6.54 Å². The molecular weight excluding hydrogens is 266 g/mol. The summed E-state index contributed by atoms with van der Waals surface area (Å²) in [7, 11) is 0. The van der Waals surface area contributed by atoms with E-state index in [1.54, 1.807) is 12.1 Å². The topological polar surface area (TPSA) is 60.1 Å². The van der Waals surface area contributed by atoms with E-state index in [0.717, 1.165) is 30.4 Å². The summed E-state index contributed by atoms with van der Waals surface area (Å²) in [5, 5.41) is 2.83. The largest absolute Gasteiger partial charge is 0.459 e. The molecule has 2 aromatic heterocycles. The smallest absolute Gasteiger partial charge is 0.293 e. The fourth-order valence-corrected chi connectivity index (χ4v) is 2.28. The van der Waals surface area contributed by atoms with E-state index in [9.17, 15) is 4.79 Å². The molecule has 2 heterocycles. The Balaban J connectivity index is 1.94. The molecule has 0 aliphatic heterocycles. The SMILES string of the molecule is CCCCn1c(NC(=O)c2ccco2)nc2ccccc21. The highest BCUT2D eigenvalue weighted by Crippen LogP contribution is 2.21. The molecule has 0 aliphatic rings. The lowest BCUT2D eigenvalue weighted by Gasteiger charge is -2.08. The van der Waals surface area contributed by atoms with Gasteiger partial charge in [-0.25, -0.2) is 4.98 Å². The van der Waals surface area contributed by atoms with E-state index >= 15 is 0 Å². The molecule has 0 saturated carbocycles. The van der Waals surface area contributed by atoms with Gasteiger partial charge in [-0.2, -0.15) is 0 Å². The second-order valence-corrected chi connectivity index (χ2v) is 4.86. The quantitative estimate of drug-likeness (QED) is 0.777. The van der Waals surface area contributed by atoms with Crippen molar-refractivity contribution in [1.29, 1.82) is 0 Å². The van der Waals surface area contributed by atoms with Gasteiger partial charge in [-0.3, -0.25) is 10.1 Å². The van der Waals surface area contributed by atoms with Crippen molar-refractivity contribution in [2.24, 2.45) is 0 Å². The van der Waals surface area contributed by atoms with E-state index in [-0.39, 0.29) is 11.7 Å². The van der Waals surface area contributed by atoms with Crippen molar-refractivity contribution in [3.05, 3.63) is 48.4 Å². The van der Waals surface area contributed by atoms with Crippen LogP contribution in [0.1, 0.15) is 30.3 Å². The van der Waals surface area contributed by atoms with Gasteiger partial charge in [0.2, 0.25) is 5.95 Å². The third kappa shape index (κ3) is 2.67. The van der Waals surface area contributed by atoms with Crippen molar-refractivity contribution in [1.82, 2.24) is 9.55 Å². The van der Waals surface area contributed by atoms with E-state index in [0.29, 0.717) is 5.95 Å². The number of imidazole rings is 1. The Labute approximate surface area is 122 Å². The van der Waals surface area contributed by atoms with Crippen LogP contribution in [0.15, 0.2) is 47.1 Å². The fourth-order valence-electron chi connectivity index (χ4n) is 2.28. The fraction of sp³-hybridized carbons (Fsp3) is 0.250. The van der Waals surface area contributed by atoms with Crippen LogP contribution in [0, 0.1) is 0 Å². The van der Waals surface area contributed by atoms with Crippen LogP contribution in [0.3, 0.4) is 0 Å². The minimum absolute atomic E-state index is 0.282. The number of hydrogen-bond acceptors (Lipinski definition) is 3. The second-order valence-electron chi connectivity index (χ2n) is 4.86. The number of aromatic nitrogens is 2. The molecule has 1 N–H and O–H groups in total. The van der Waals surface area contributed by atoms with E-state index < -0.39 is 0 Å². The predicted octanol–water partition coefficient (Wildman–Crippen LogP) is 3.68. The minimum atomic E-state index is -0.284. The maximum atomic E-state index is 12.1. The van der Waals surface area contributed by atoms with E-state index in [1.165, 1.54) is 6.26 Å². The molecule has 21 heavy (non-hydrogen) atoms. The molecule has 0 spiro atoms. The monoisotopic (exact) mass is 283 g/mol. The van der Waals surface area contributed by atoms with Crippen LogP contribution in [0.4, 0.5) is 5.95 Å². The van der Waals surface area contributed by atoms with Gasteiger partial charge >= 0.3 is 0 Å². The molecule has 0 bridgehead atoms. The molecule has 3 aromatic rings. The van der Waals surface area contributed by atoms with E-state index in [1.807, 2.05) is 28.8 Å². The van der Waals surface area contributed by atoms with Gasteiger partial charge in [0.05, 0.1) is 17.3 Å². The third-order valence-corrected chi connectivity index (χ3v) is 3.36. The second kappa shape index (κ2) is 5.83. The number of hydrogen-bond donors (Lipinski definition) is 1. The lowest BCUT2D eigenvalue weighted by Crippen LogP contribution is -2.15. The number of aryl methyl sites for hydroxylation is 1. The summed E-state index contributed by atoms with van der Waals surface area (Å²) in [5.74, 6) is 0.559. The zero-order valence-electron chi connectivity index (χ0n) is 11.9. The molecule has 0 radical (unpaired) electrons. The predicted molar refractivity (Wildman–Crippen MR) is 81.3 cm³/mol. The Morgan fingerprint density at radius 3 is 2.90 bits per heavy atom. The van der Waals surface area contributed by atoms with Gasteiger partial charge in [0.25, 0.3) is 5.91 Å². The summed E-state index contributed by atoms with van der Waals surface area (Å²) >= 11 is 0. The summed E-state index contributed by atoms with van der Waals surface area (Å²) in [6.07, 6.45) is 3.59. The number of fused-ring (bicyclic) bond motifs is 1. The molecule has 1 amide bonds. The number of rotatable bonds is 5. The van der Waals surface area contributed by atoms with Crippen LogP contribution in [0.5, 0.6) is 0 Å². The maximum absolute atomic E-state index is 12.1. The highest BCUT2D eigenvalue weighted by molar-refractivity contribution is 6.02. The zero-order chi connectivity index (χ0) is 14.7. The van der Waals surface area contributed by atoms with Crippen molar-refractivity contribution >= 4 is 22.9 Å². The molecular formula is C16H17N3O2. The Kier molecular flexibility index (Phi) is 3.73. The van der Waals surface area contributed by atoms with Gasteiger partial charge in [0, 0.05) is 6.54 Å². The van der Waals surface area contributed by atoms with E-state index in [2.05, 4.69) is 17.2 Å². The summed E-state index contributed by atoms with van der Waals surface area (Å²) in [6.45, 7) is 2.96. The van der Waals surface area contributed by atoms with Crippen molar-refractivity contribution in [3.63, 3.8) is 0 Å². The lowest BCUT2D eigenvalue weighted by molar-refractivity contribution is 0.0995. The van der Waals surface area contributed by atoms with Crippen LogP contribution >= 0.6 is 0 Å². The molecule has 0 aliphatic carbocycles. The normalized spacial score (nSPS) is 10.9. The first kappa shape index (κ1) is 13.4. The molecule has 0 saturated heterocycles. The van der Waals surface area contributed by atoms with Crippen LogP contribution in [-0.4, -0.2) is 15.5 Å². The van der Waals surface area contributed by atoms with Gasteiger partial charge in [-0.1, -0.05) is 25.5 Å². The Morgan fingerprint density at radius 2 is 2.14 bits per heavy atom. The van der Waals surface area contributed by atoms with Gasteiger partial charge in [-0.15, -0.1) is 0 Å². The molecule has 0 fully saturated rings. The Hall–Kier alpha value is -2.56. The molecule has 1 aromatic carbocycles. The van der Waals surface area contributed by atoms with Crippen LogP contribution < -0.4 is 5.32 Å². The van der Waals surface area contributed by atoms with Crippen LogP contribution in [0.25, 0.3) is 11.0 Å². The number of carbonyl (C=O) groups is 1. The number of unbranched alkanes of at least 4 members (excludes halogenated alkanes) is 1. The van der Waals surface area contributed by atoms with Crippen molar-refractivity contribution < 1.29 is 9.21 Å². The molecule has 0 unspecified atom stereocenters. The minimum Gasteiger partial charge on any atom is -0.459 e. The number of nitrogens with zero attached hydrogens (tertiary/aromatic N) is 2. The van der Waals surface area contributed by atoms with Gasteiger partial charge in [-0.05, 0) is 30.7 Å². The van der Waals surface area contributed by atoms with Crippen LogP contribution in [0.2, 0.25) is 0 Å². The van der Waals surface area contributed by atoms with Gasteiger partial charge in [0.15, 0.2) is 5.76 Å². The van der Waals surface area contributed by atoms with Crippen molar-refractivity contribution in [3.8, 4) is 0 Å². The van der Waals surface area contributed by atoms with E-state index in [4.69, 9.17) is 4.42 Å². The number of furan rings is 1. The molecule has 0 atom stereocenters. The average Bonchev–Trinajstić information content (AvgIpc) is 3.13. The lowest BCUT2D eigenvalue weighted by atomic mass is 10.3. The first-order chi connectivity index (χ1) is 10.3. The molecule has 5 heteroatoms. The summed E-state index contributed by atoms with van der Waals surface area (Å²) in [5.41, 5.74) is 1.91. The number of amides is 1. The Bertz CT molecular complexity index is 744. The number of anilines is 1. The third-order valence-electron chi connectivity index (χ3n) is 3.36. The summed E-state index contributed by atoms with van der Waals surface area (Å²) in [6, 6.07) is 11.2. The first-order valence-corrected chi connectivity index (χ1v) is 7.09. The highest BCUT2D eigenvalue weighted by Gasteiger charge is 2.15. The van der Waals surface area contributed by atoms with Gasteiger partial charge in [0.1, 0.15) is 0 Å². The zero-order valence-corrected chi connectivity index (χ0v) is 11.9. The first-order valence-electron chi connectivity index (χ1n) is 7.09.